The minimum atomic E-state index is -3.57. The molecule has 0 bridgehead atoms. The summed E-state index contributed by atoms with van der Waals surface area (Å²) in [6.07, 6.45) is 2.31. The molecule has 27 heavy (non-hydrogen) atoms. The van der Waals surface area contributed by atoms with Gasteiger partial charge in [0.2, 0.25) is 15.9 Å². The SMILES string of the molecule is CCN(CC)S(=O)(=O)c1cc(NC(=O)[C@@H](C)N2CCC[C@H](C)C2)ccc1C. The molecule has 7 heteroatoms. The number of piperidine rings is 1. The predicted octanol–water partition coefficient (Wildman–Crippen LogP) is 3.08. The highest BCUT2D eigenvalue weighted by molar-refractivity contribution is 7.89. The van der Waals surface area contributed by atoms with Crippen molar-refractivity contribution in [3.63, 3.8) is 0 Å². The van der Waals surface area contributed by atoms with Crippen LogP contribution in [0.25, 0.3) is 0 Å². The molecule has 152 valence electrons. The lowest BCUT2D eigenvalue weighted by Crippen LogP contribution is -2.46. The third-order valence-corrected chi connectivity index (χ3v) is 7.59. The van der Waals surface area contributed by atoms with Crippen LogP contribution in [0.5, 0.6) is 0 Å². The Balaban J connectivity index is 2.19. The standard InChI is InChI=1S/C20H33N3O3S/c1-6-23(7-2)27(25,26)19-13-18(11-10-16(19)4)21-20(24)17(5)22-12-8-9-15(3)14-22/h10-11,13,15,17H,6-9,12,14H2,1-5H3,(H,21,24)/t15-,17+/m0/s1. The molecule has 2 rings (SSSR count). The first kappa shape index (κ1) is 21.9. The highest BCUT2D eigenvalue weighted by Crippen LogP contribution is 2.24. The number of likely N-dealkylation sites (tertiary alicyclic amines) is 1. The van der Waals surface area contributed by atoms with E-state index >= 15 is 0 Å². The number of amides is 1. The van der Waals surface area contributed by atoms with E-state index in [1.165, 1.54) is 10.7 Å². The molecule has 0 radical (unpaired) electrons. The van der Waals surface area contributed by atoms with Crippen LogP contribution in [0, 0.1) is 12.8 Å². The Bertz CT molecular complexity index is 760. The van der Waals surface area contributed by atoms with E-state index in [2.05, 4.69) is 17.1 Å². The lowest BCUT2D eigenvalue weighted by atomic mass is 9.99. The summed E-state index contributed by atoms with van der Waals surface area (Å²) in [4.78, 5) is 15.2. The summed E-state index contributed by atoms with van der Waals surface area (Å²) in [5, 5.41) is 2.90. The first-order valence-corrected chi connectivity index (χ1v) is 11.3. The van der Waals surface area contributed by atoms with Crippen LogP contribution in [0.15, 0.2) is 23.1 Å². The van der Waals surface area contributed by atoms with Crippen LogP contribution in [0.1, 0.15) is 46.1 Å². The van der Waals surface area contributed by atoms with Crippen molar-refractivity contribution in [1.82, 2.24) is 9.21 Å². The molecule has 0 aliphatic carbocycles. The third-order valence-electron chi connectivity index (χ3n) is 5.39. The Morgan fingerprint density at radius 3 is 2.59 bits per heavy atom. The van der Waals surface area contributed by atoms with Crippen molar-refractivity contribution < 1.29 is 13.2 Å². The van der Waals surface area contributed by atoms with Crippen LogP contribution in [0.2, 0.25) is 0 Å². The largest absolute Gasteiger partial charge is 0.325 e. The maximum absolute atomic E-state index is 12.9. The number of nitrogens with one attached hydrogen (secondary N) is 1. The van der Waals surface area contributed by atoms with Crippen molar-refractivity contribution in [2.75, 3.05) is 31.5 Å². The molecule has 2 atom stereocenters. The molecule has 0 saturated carbocycles. The highest BCUT2D eigenvalue weighted by Gasteiger charge is 2.27. The maximum atomic E-state index is 12.9. The van der Waals surface area contributed by atoms with Crippen LogP contribution < -0.4 is 5.32 Å². The van der Waals surface area contributed by atoms with E-state index in [-0.39, 0.29) is 16.8 Å². The van der Waals surface area contributed by atoms with Gasteiger partial charge in [0.05, 0.1) is 10.9 Å². The number of nitrogens with zero attached hydrogens (tertiary/aromatic N) is 2. The zero-order chi connectivity index (χ0) is 20.2. The van der Waals surface area contributed by atoms with Crippen LogP contribution in [-0.2, 0) is 14.8 Å². The average Bonchev–Trinajstić information content (AvgIpc) is 2.63. The number of rotatable bonds is 7. The smallest absolute Gasteiger partial charge is 0.243 e. The molecular formula is C20H33N3O3S. The molecule has 1 aromatic rings. The Morgan fingerprint density at radius 1 is 1.33 bits per heavy atom. The second-order valence-electron chi connectivity index (χ2n) is 7.48. The summed E-state index contributed by atoms with van der Waals surface area (Å²) in [7, 11) is -3.57. The van der Waals surface area contributed by atoms with E-state index in [9.17, 15) is 13.2 Å². The fraction of sp³-hybridized carbons (Fsp3) is 0.650. The number of aryl methyl sites for hydroxylation is 1. The summed E-state index contributed by atoms with van der Waals surface area (Å²) in [6.45, 7) is 12.2. The van der Waals surface area contributed by atoms with Crippen LogP contribution >= 0.6 is 0 Å². The quantitative estimate of drug-likeness (QED) is 0.770. The first-order chi connectivity index (χ1) is 12.7. The number of hydrogen-bond acceptors (Lipinski definition) is 4. The number of sulfonamides is 1. The van der Waals surface area contributed by atoms with Crippen molar-refractivity contribution in [1.29, 1.82) is 0 Å². The van der Waals surface area contributed by atoms with Gasteiger partial charge in [0.1, 0.15) is 0 Å². The van der Waals surface area contributed by atoms with Crippen LogP contribution in [0.3, 0.4) is 0 Å². The molecule has 1 N–H and O–H groups in total. The van der Waals surface area contributed by atoms with Gasteiger partial charge in [-0.15, -0.1) is 0 Å². The summed E-state index contributed by atoms with van der Waals surface area (Å²) < 4.78 is 27.2. The maximum Gasteiger partial charge on any atom is 0.243 e. The van der Waals surface area contributed by atoms with Gasteiger partial charge in [0.15, 0.2) is 0 Å². The monoisotopic (exact) mass is 395 g/mol. The van der Waals surface area contributed by atoms with Gasteiger partial charge in [-0.1, -0.05) is 26.8 Å². The van der Waals surface area contributed by atoms with Gasteiger partial charge in [-0.25, -0.2) is 8.42 Å². The minimum absolute atomic E-state index is 0.0980. The van der Waals surface area contributed by atoms with Gasteiger partial charge in [-0.05, 0) is 56.8 Å². The molecule has 1 aliphatic heterocycles. The van der Waals surface area contributed by atoms with Crippen molar-refractivity contribution in [3.05, 3.63) is 23.8 Å². The molecule has 0 spiro atoms. The Labute approximate surface area is 164 Å². The van der Waals surface area contributed by atoms with E-state index in [1.807, 2.05) is 20.8 Å². The zero-order valence-corrected chi connectivity index (χ0v) is 18.0. The first-order valence-electron chi connectivity index (χ1n) is 9.86. The van der Waals surface area contributed by atoms with E-state index in [0.717, 1.165) is 19.5 Å². The van der Waals surface area contributed by atoms with E-state index in [1.54, 1.807) is 25.1 Å². The lowest BCUT2D eigenvalue weighted by molar-refractivity contribution is -0.121. The van der Waals surface area contributed by atoms with Gasteiger partial charge in [0, 0.05) is 25.3 Å². The topological polar surface area (TPSA) is 69.7 Å². The zero-order valence-electron chi connectivity index (χ0n) is 17.2. The second-order valence-corrected chi connectivity index (χ2v) is 9.38. The third kappa shape index (κ3) is 5.09. The van der Waals surface area contributed by atoms with Crippen LogP contribution in [0.4, 0.5) is 5.69 Å². The number of anilines is 1. The number of benzene rings is 1. The van der Waals surface area contributed by atoms with Crippen molar-refractivity contribution in [3.8, 4) is 0 Å². The lowest BCUT2D eigenvalue weighted by Gasteiger charge is -2.34. The van der Waals surface area contributed by atoms with E-state index in [0.29, 0.717) is 30.3 Å². The number of carbonyl (C=O) groups is 1. The van der Waals surface area contributed by atoms with Crippen molar-refractivity contribution >= 4 is 21.6 Å². The molecule has 0 unspecified atom stereocenters. The molecule has 0 aromatic heterocycles. The van der Waals surface area contributed by atoms with Crippen LogP contribution in [-0.4, -0.2) is 55.8 Å². The second kappa shape index (κ2) is 9.17. The fourth-order valence-electron chi connectivity index (χ4n) is 3.65. The molecule has 1 aromatic carbocycles. The average molecular weight is 396 g/mol. The minimum Gasteiger partial charge on any atom is -0.325 e. The van der Waals surface area contributed by atoms with Crippen molar-refractivity contribution in [2.24, 2.45) is 5.92 Å². The van der Waals surface area contributed by atoms with Gasteiger partial charge in [-0.3, -0.25) is 9.69 Å². The highest BCUT2D eigenvalue weighted by atomic mass is 32.2. The van der Waals surface area contributed by atoms with Gasteiger partial charge in [0.25, 0.3) is 0 Å². The summed E-state index contributed by atoms with van der Waals surface area (Å²) in [6, 6.07) is 4.85. The molecule has 1 fully saturated rings. The van der Waals surface area contributed by atoms with Gasteiger partial charge in [-0.2, -0.15) is 4.31 Å². The fourth-order valence-corrected chi connectivity index (χ4v) is 5.36. The predicted molar refractivity (Wildman–Crippen MR) is 109 cm³/mol. The van der Waals surface area contributed by atoms with Gasteiger partial charge < -0.3 is 5.32 Å². The number of carbonyl (C=O) groups excluding carboxylic acids is 1. The summed E-state index contributed by atoms with van der Waals surface area (Å²) in [5.74, 6) is 0.498. The molecular weight excluding hydrogens is 362 g/mol. The normalized spacial score (nSPS) is 19.9. The Kier molecular flexibility index (Phi) is 7.42. The summed E-state index contributed by atoms with van der Waals surface area (Å²) in [5.41, 5.74) is 1.20. The molecule has 1 aliphatic rings. The molecule has 6 nitrogen and oxygen atoms in total. The molecule has 1 amide bonds. The number of hydrogen-bond donors (Lipinski definition) is 1. The Morgan fingerprint density at radius 2 is 2.00 bits per heavy atom. The van der Waals surface area contributed by atoms with E-state index < -0.39 is 10.0 Å². The Hall–Kier alpha value is -1.44. The molecule has 1 saturated heterocycles. The van der Waals surface area contributed by atoms with Gasteiger partial charge >= 0.3 is 0 Å². The van der Waals surface area contributed by atoms with E-state index in [4.69, 9.17) is 0 Å². The van der Waals surface area contributed by atoms with Crippen molar-refractivity contribution in [2.45, 2.75) is 58.4 Å². The molecule has 1 heterocycles. The summed E-state index contributed by atoms with van der Waals surface area (Å²) >= 11 is 0.